The predicted molar refractivity (Wildman–Crippen MR) is 53.4 cm³/mol. The third kappa shape index (κ3) is 6.62. The standard InChI is InChI=1S/C10H23NO/c1-5-10(8-12-4)11-7-6-9(2)3/h9-11H,5-8H2,1-4H3. The summed E-state index contributed by atoms with van der Waals surface area (Å²) in [6.07, 6.45) is 2.39. The molecule has 0 amide bonds. The molecule has 0 aliphatic carbocycles. The number of nitrogens with one attached hydrogen (secondary N) is 1. The molecule has 0 spiro atoms. The molecular weight excluding hydrogens is 150 g/mol. The van der Waals surface area contributed by atoms with E-state index >= 15 is 0 Å². The zero-order chi connectivity index (χ0) is 9.40. The molecule has 0 aliphatic heterocycles. The second kappa shape index (κ2) is 7.56. The molecule has 0 radical (unpaired) electrons. The molecular formula is C10H23NO. The summed E-state index contributed by atoms with van der Waals surface area (Å²) in [5.74, 6) is 0.789. The van der Waals surface area contributed by atoms with E-state index in [2.05, 4.69) is 26.1 Å². The molecule has 1 atom stereocenters. The first-order valence-corrected chi connectivity index (χ1v) is 4.93. The summed E-state index contributed by atoms with van der Waals surface area (Å²) >= 11 is 0. The van der Waals surface area contributed by atoms with E-state index in [-0.39, 0.29) is 0 Å². The summed E-state index contributed by atoms with van der Waals surface area (Å²) in [4.78, 5) is 0. The smallest absolute Gasteiger partial charge is 0.0615 e. The Balaban J connectivity index is 3.31. The lowest BCUT2D eigenvalue weighted by Gasteiger charge is -2.16. The monoisotopic (exact) mass is 173 g/mol. The zero-order valence-corrected chi connectivity index (χ0v) is 8.89. The molecule has 0 bridgehead atoms. The summed E-state index contributed by atoms with van der Waals surface area (Å²) in [5, 5.41) is 3.48. The molecule has 0 fully saturated rings. The van der Waals surface area contributed by atoms with Gasteiger partial charge in [-0.2, -0.15) is 0 Å². The van der Waals surface area contributed by atoms with Crippen molar-refractivity contribution in [2.75, 3.05) is 20.3 Å². The Morgan fingerprint density at radius 1 is 1.33 bits per heavy atom. The Labute approximate surface area is 76.7 Å². The van der Waals surface area contributed by atoms with Gasteiger partial charge in [0.2, 0.25) is 0 Å². The Kier molecular flexibility index (Phi) is 7.51. The molecule has 0 saturated carbocycles. The van der Waals surface area contributed by atoms with Crippen molar-refractivity contribution >= 4 is 0 Å². The number of ether oxygens (including phenoxy) is 1. The van der Waals surface area contributed by atoms with Gasteiger partial charge in [-0.3, -0.25) is 0 Å². The van der Waals surface area contributed by atoms with E-state index in [0.29, 0.717) is 6.04 Å². The summed E-state index contributed by atoms with van der Waals surface area (Å²) < 4.78 is 5.09. The van der Waals surface area contributed by atoms with Crippen molar-refractivity contribution in [3.8, 4) is 0 Å². The molecule has 0 saturated heterocycles. The molecule has 0 aromatic rings. The minimum absolute atomic E-state index is 0.536. The van der Waals surface area contributed by atoms with Gasteiger partial charge in [0.05, 0.1) is 6.61 Å². The lowest BCUT2D eigenvalue weighted by Crippen LogP contribution is -2.33. The summed E-state index contributed by atoms with van der Waals surface area (Å²) in [7, 11) is 1.76. The van der Waals surface area contributed by atoms with Crippen molar-refractivity contribution in [3.63, 3.8) is 0 Å². The Morgan fingerprint density at radius 2 is 2.00 bits per heavy atom. The third-order valence-electron chi connectivity index (χ3n) is 2.02. The molecule has 0 heterocycles. The molecule has 2 nitrogen and oxygen atoms in total. The molecule has 74 valence electrons. The summed E-state index contributed by atoms with van der Waals surface area (Å²) in [5.41, 5.74) is 0. The Hall–Kier alpha value is -0.0800. The van der Waals surface area contributed by atoms with Gasteiger partial charge in [0, 0.05) is 13.2 Å². The van der Waals surface area contributed by atoms with Crippen LogP contribution in [0.15, 0.2) is 0 Å². The molecule has 0 aliphatic rings. The minimum atomic E-state index is 0.536. The molecule has 0 aromatic heterocycles. The largest absolute Gasteiger partial charge is 0.383 e. The van der Waals surface area contributed by atoms with Crippen LogP contribution in [-0.4, -0.2) is 26.3 Å². The average Bonchev–Trinajstić information content (AvgIpc) is 2.02. The highest BCUT2D eigenvalue weighted by Crippen LogP contribution is 1.98. The van der Waals surface area contributed by atoms with Gasteiger partial charge in [0.15, 0.2) is 0 Å². The quantitative estimate of drug-likeness (QED) is 0.636. The van der Waals surface area contributed by atoms with Crippen LogP contribution in [-0.2, 0) is 4.74 Å². The van der Waals surface area contributed by atoms with Crippen molar-refractivity contribution in [3.05, 3.63) is 0 Å². The number of hydrogen-bond donors (Lipinski definition) is 1. The van der Waals surface area contributed by atoms with Gasteiger partial charge in [-0.15, -0.1) is 0 Å². The van der Waals surface area contributed by atoms with Gasteiger partial charge in [-0.1, -0.05) is 20.8 Å². The van der Waals surface area contributed by atoms with E-state index in [1.54, 1.807) is 7.11 Å². The van der Waals surface area contributed by atoms with E-state index < -0.39 is 0 Å². The van der Waals surface area contributed by atoms with Crippen LogP contribution in [0.25, 0.3) is 0 Å². The fraction of sp³-hybridized carbons (Fsp3) is 1.00. The normalized spacial score (nSPS) is 13.8. The van der Waals surface area contributed by atoms with Crippen LogP contribution in [0.2, 0.25) is 0 Å². The van der Waals surface area contributed by atoms with Crippen LogP contribution >= 0.6 is 0 Å². The second-order valence-electron chi connectivity index (χ2n) is 3.70. The van der Waals surface area contributed by atoms with Gasteiger partial charge in [0.25, 0.3) is 0 Å². The van der Waals surface area contributed by atoms with Crippen molar-refractivity contribution in [1.82, 2.24) is 5.32 Å². The first-order valence-electron chi connectivity index (χ1n) is 4.93. The minimum Gasteiger partial charge on any atom is -0.383 e. The molecule has 0 rings (SSSR count). The van der Waals surface area contributed by atoms with E-state index in [0.717, 1.165) is 25.5 Å². The first-order chi connectivity index (χ1) is 5.70. The number of rotatable bonds is 7. The van der Waals surface area contributed by atoms with Crippen LogP contribution in [0.4, 0.5) is 0 Å². The van der Waals surface area contributed by atoms with E-state index in [1.165, 1.54) is 6.42 Å². The Morgan fingerprint density at radius 3 is 2.42 bits per heavy atom. The van der Waals surface area contributed by atoms with Gasteiger partial charge in [-0.25, -0.2) is 0 Å². The van der Waals surface area contributed by atoms with E-state index in [9.17, 15) is 0 Å². The highest BCUT2D eigenvalue weighted by atomic mass is 16.5. The number of methoxy groups -OCH3 is 1. The summed E-state index contributed by atoms with van der Waals surface area (Å²) in [6, 6.07) is 0.536. The van der Waals surface area contributed by atoms with Crippen LogP contribution in [0.5, 0.6) is 0 Å². The van der Waals surface area contributed by atoms with E-state index in [1.807, 2.05) is 0 Å². The predicted octanol–water partition coefficient (Wildman–Crippen LogP) is 2.05. The van der Waals surface area contributed by atoms with Crippen LogP contribution < -0.4 is 5.32 Å². The fourth-order valence-corrected chi connectivity index (χ4v) is 1.10. The van der Waals surface area contributed by atoms with Gasteiger partial charge < -0.3 is 10.1 Å². The maximum Gasteiger partial charge on any atom is 0.0615 e. The first kappa shape index (κ1) is 11.9. The lowest BCUT2D eigenvalue weighted by atomic mass is 10.1. The van der Waals surface area contributed by atoms with Crippen molar-refractivity contribution in [1.29, 1.82) is 0 Å². The van der Waals surface area contributed by atoms with Crippen molar-refractivity contribution in [2.45, 2.75) is 39.7 Å². The summed E-state index contributed by atoms with van der Waals surface area (Å²) in [6.45, 7) is 8.62. The van der Waals surface area contributed by atoms with Crippen LogP contribution in [0.3, 0.4) is 0 Å². The van der Waals surface area contributed by atoms with Crippen LogP contribution in [0.1, 0.15) is 33.6 Å². The third-order valence-corrected chi connectivity index (χ3v) is 2.02. The van der Waals surface area contributed by atoms with E-state index in [4.69, 9.17) is 4.74 Å². The van der Waals surface area contributed by atoms with Crippen LogP contribution in [0, 0.1) is 5.92 Å². The maximum absolute atomic E-state index is 5.09. The van der Waals surface area contributed by atoms with Gasteiger partial charge in [0.1, 0.15) is 0 Å². The molecule has 0 aromatic carbocycles. The van der Waals surface area contributed by atoms with Crippen molar-refractivity contribution in [2.24, 2.45) is 5.92 Å². The highest BCUT2D eigenvalue weighted by molar-refractivity contribution is 4.63. The van der Waals surface area contributed by atoms with Gasteiger partial charge in [-0.05, 0) is 25.3 Å². The SMILES string of the molecule is CCC(COC)NCCC(C)C. The molecule has 12 heavy (non-hydrogen) atoms. The Bertz CT molecular complexity index is 93.8. The fourth-order valence-electron chi connectivity index (χ4n) is 1.10. The topological polar surface area (TPSA) is 21.3 Å². The molecule has 1 unspecified atom stereocenters. The zero-order valence-electron chi connectivity index (χ0n) is 8.89. The molecule has 2 heteroatoms. The number of hydrogen-bond acceptors (Lipinski definition) is 2. The maximum atomic E-state index is 5.09. The highest BCUT2D eigenvalue weighted by Gasteiger charge is 2.03. The van der Waals surface area contributed by atoms with Crippen molar-refractivity contribution < 1.29 is 4.74 Å². The van der Waals surface area contributed by atoms with Gasteiger partial charge >= 0.3 is 0 Å². The average molecular weight is 173 g/mol. The lowest BCUT2D eigenvalue weighted by molar-refractivity contribution is 0.164. The second-order valence-corrected chi connectivity index (χ2v) is 3.70. The molecule has 1 N–H and O–H groups in total.